The quantitative estimate of drug-likeness (QED) is 0.753. The van der Waals surface area contributed by atoms with Crippen molar-refractivity contribution in [2.75, 3.05) is 4.72 Å². The summed E-state index contributed by atoms with van der Waals surface area (Å²) < 4.78 is 41.2. The summed E-state index contributed by atoms with van der Waals surface area (Å²) in [5.41, 5.74) is 2.24. The van der Waals surface area contributed by atoms with E-state index >= 15 is 0 Å². The second-order valence-electron chi connectivity index (χ2n) is 4.62. The molecule has 21 heavy (non-hydrogen) atoms. The third-order valence-electron chi connectivity index (χ3n) is 2.87. The van der Waals surface area contributed by atoms with E-state index < -0.39 is 15.8 Å². The molecule has 0 aromatic heterocycles. The molecule has 0 saturated heterocycles. The summed E-state index contributed by atoms with van der Waals surface area (Å²) in [5, 5.41) is 0. The summed E-state index contributed by atoms with van der Waals surface area (Å²) in [6.45, 7) is 3.69. The minimum atomic E-state index is -3.84. The highest BCUT2D eigenvalue weighted by atomic mass is 79.9. The van der Waals surface area contributed by atoms with E-state index in [-0.39, 0.29) is 13.8 Å². The van der Waals surface area contributed by atoms with Crippen LogP contribution in [0.15, 0.2) is 44.2 Å². The molecule has 112 valence electrons. The molecule has 0 unspecified atom stereocenters. The Bertz CT molecular complexity index is 784. The number of rotatable bonds is 3. The Balaban J connectivity index is 2.51. The fourth-order valence-electron chi connectivity index (χ4n) is 1.83. The number of sulfonamides is 1. The monoisotopic (exact) mass is 435 g/mol. The van der Waals surface area contributed by atoms with Crippen LogP contribution in [0.25, 0.3) is 0 Å². The lowest BCUT2D eigenvalue weighted by atomic mass is 10.1. The van der Waals surface area contributed by atoms with Gasteiger partial charge in [0.1, 0.15) is 10.7 Å². The molecule has 1 N–H and O–H groups in total. The third-order valence-corrected chi connectivity index (χ3v) is 6.11. The first-order chi connectivity index (χ1) is 9.70. The standard InChI is InChI=1S/C14H12Br2FNO2S/c1-8-3-4-9(2)13(5-8)18-21(19,20)14-11(15)6-10(17)7-12(14)16/h3-7,18H,1-2H3. The van der Waals surface area contributed by atoms with Crippen LogP contribution in [0.1, 0.15) is 11.1 Å². The van der Waals surface area contributed by atoms with E-state index in [1.54, 1.807) is 6.07 Å². The van der Waals surface area contributed by atoms with Gasteiger partial charge in [-0.2, -0.15) is 0 Å². The van der Waals surface area contributed by atoms with E-state index in [0.717, 1.165) is 23.3 Å². The van der Waals surface area contributed by atoms with Crippen molar-refractivity contribution in [2.45, 2.75) is 18.7 Å². The molecule has 0 fully saturated rings. The van der Waals surface area contributed by atoms with Crippen molar-refractivity contribution in [3.63, 3.8) is 0 Å². The van der Waals surface area contributed by atoms with Gasteiger partial charge in [0.15, 0.2) is 0 Å². The molecular weight excluding hydrogens is 425 g/mol. The molecule has 0 amide bonds. The van der Waals surface area contributed by atoms with Crippen molar-refractivity contribution < 1.29 is 12.8 Å². The van der Waals surface area contributed by atoms with E-state index in [9.17, 15) is 12.8 Å². The molecular formula is C14H12Br2FNO2S. The van der Waals surface area contributed by atoms with Crippen LogP contribution in [-0.2, 0) is 10.0 Å². The Morgan fingerprint density at radius 3 is 2.19 bits per heavy atom. The van der Waals surface area contributed by atoms with Crippen LogP contribution in [-0.4, -0.2) is 8.42 Å². The molecule has 7 heteroatoms. The van der Waals surface area contributed by atoms with Gasteiger partial charge in [-0.3, -0.25) is 4.72 Å². The Morgan fingerprint density at radius 2 is 1.62 bits per heavy atom. The first-order valence-electron chi connectivity index (χ1n) is 5.95. The summed E-state index contributed by atoms with van der Waals surface area (Å²) in [5.74, 6) is -0.528. The second kappa shape index (κ2) is 6.06. The molecule has 0 radical (unpaired) electrons. The average Bonchev–Trinajstić information content (AvgIpc) is 2.31. The highest BCUT2D eigenvalue weighted by Gasteiger charge is 2.23. The molecule has 2 aromatic carbocycles. The summed E-state index contributed by atoms with van der Waals surface area (Å²) in [4.78, 5) is -0.0372. The summed E-state index contributed by atoms with van der Waals surface area (Å²) in [7, 11) is -3.84. The molecule has 2 aromatic rings. The predicted octanol–water partition coefficient (Wildman–Crippen LogP) is 4.77. The number of benzene rings is 2. The van der Waals surface area contributed by atoms with Gasteiger partial charge in [0.2, 0.25) is 0 Å². The van der Waals surface area contributed by atoms with Crippen LogP contribution in [0, 0.1) is 19.7 Å². The van der Waals surface area contributed by atoms with Crippen LogP contribution in [0.5, 0.6) is 0 Å². The van der Waals surface area contributed by atoms with Crippen LogP contribution >= 0.6 is 31.9 Å². The van der Waals surface area contributed by atoms with Crippen molar-refractivity contribution >= 4 is 47.6 Å². The summed E-state index contributed by atoms with van der Waals surface area (Å²) in [6, 6.07) is 7.71. The largest absolute Gasteiger partial charge is 0.279 e. The van der Waals surface area contributed by atoms with E-state index in [4.69, 9.17) is 0 Å². The average molecular weight is 437 g/mol. The first-order valence-corrected chi connectivity index (χ1v) is 9.02. The molecule has 3 nitrogen and oxygen atoms in total. The fourth-order valence-corrected chi connectivity index (χ4v) is 5.48. The first kappa shape index (κ1) is 16.5. The molecule has 0 heterocycles. The number of aryl methyl sites for hydroxylation is 2. The Labute approximate surface area is 139 Å². The van der Waals surface area contributed by atoms with Crippen LogP contribution in [0.4, 0.5) is 10.1 Å². The molecule has 0 spiro atoms. The van der Waals surface area contributed by atoms with Gasteiger partial charge in [0, 0.05) is 8.95 Å². The van der Waals surface area contributed by atoms with Gasteiger partial charge in [-0.25, -0.2) is 12.8 Å². The molecule has 0 saturated carbocycles. The molecule has 2 rings (SSSR count). The third kappa shape index (κ3) is 3.64. The van der Waals surface area contributed by atoms with Crippen molar-refractivity contribution in [1.82, 2.24) is 0 Å². The number of hydrogen-bond acceptors (Lipinski definition) is 2. The fraction of sp³-hybridized carbons (Fsp3) is 0.143. The molecule has 0 aliphatic rings. The zero-order chi connectivity index (χ0) is 15.8. The Morgan fingerprint density at radius 1 is 1.05 bits per heavy atom. The van der Waals surface area contributed by atoms with Gasteiger partial charge >= 0.3 is 0 Å². The minimum absolute atomic E-state index is 0.0372. The van der Waals surface area contributed by atoms with E-state index in [2.05, 4.69) is 36.6 Å². The summed E-state index contributed by atoms with van der Waals surface area (Å²) in [6.07, 6.45) is 0. The van der Waals surface area contributed by atoms with Crippen LogP contribution < -0.4 is 4.72 Å². The lowest BCUT2D eigenvalue weighted by molar-refractivity contribution is 0.598. The SMILES string of the molecule is Cc1ccc(C)c(NS(=O)(=O)c2c(Br)cc(F)cc2Br)c1. The number of nitrogens with one attached hydrogen (secondary N) is 1. The lowest BCUT2D eigenvalue weighted by Crippen LogP contribution is -2.15. The number of hydrogen-bond donors (Lipinski definition) is 1. The zero-order valence-corrected chi connectivity index (χ0v) is 15.2. The van der Waals surface area contributed by atoms with Crippen LogP contribution in [0.3, 0.4) is 0 Å². The van der Waals surface area contributed by atoms with E-state index in [1.807, 2.05) is 26.0 Å². The maximum absolute atomic E-state index is 13.3. The maximum atomic E-state index is 13.3. The zero-order valence-electron chi connectivity index (χ0n) is 11.2. The van der Waals surface area contributed by atoms with Crippen molar-refractivity contribution in [3.8, 4) is 0 Å². The van der Waals surface area contributed by atoms with Gasteiger partial charge in [-0.05, 0) is 75.0 Å². The van der Waals surface area contributed by atoms with Gasteiger partial charge in [0.25, 0.3) is 10.0 Å². The number of anilines is 1. The number of halogens is 3. The van der Waals surface area contributed by atoms with Gasteiger partial charge in [0.05, 0.1) is 5.69 Å². The minimum Gasteiger partial charge on any atom is -0.279 e. The van der Waals surface area contributed by atoms with Gasteiger partial charge in [-0.15, -0.1) is 0 Å². The highest BCUT2D eigenvalue weighted by Crippen LogP contribution is 2.33. The summed E-state index contributed by atoms with van der Waals surface area (Å²) >= 11 is 6.18. The van der Waals surface area contributed by atoms with Gasteiger partial charge in [-0.1, -0.05) is 12.1 Å². The molecule has 0 aliphatic heterocycles. The van der Waals surface area contributed by atoms with E-state index in [1.165, 1.54) is 0 Å². The van der Waals surface area contributed by atoms with Crippen molar-refractivity contribution in [1.29, 1.82) is 0 Å². The molecule has 0 bridgehead atoms. The smallest absolute Gasteiger partial charge is 0.264 e. The Kier molecular flexibility index (Phi) is 4.75. The normalized spacial score (nSPS) is 11.5. The van der Waals surface area contributed by atoms with Crippen molar-refractivity contribution in [2.24, 2.45) is 0 Å². The van der Waals surface area contributed by atoms with Crippen LogP contribution in [0.2, 0.25) is 0 Å². The van der Waals surface area contributed by atoms with Crippen molar-refractivity contribution in [3.05, 3.63) is 56.2 Å². The van der Waals surface area contributed by atoms with E-state index in [0.29, 0.717) is 5.69 Å². The predicted molar refractivity (Wildman–Crippen MR) is 88.5 cm³/mol. The Hall–Kier alpha value is -0.920. The second-order valence-corrected chi connectivity index (χ2v) is 7.95. The van der Waals surface area contributed by atoms with Gasteiger partial charge < -0.3 is 0 Å². The molecule has 0 atom stereocenters. The topological polar surface area (TPSA) is 46.2 Å². The lowest BCUT2D eigenvalue weighted by Gasteiger charge is -2.13. The maximum Gasteiger partial charge on any atom is 0.264 e. The highest BCUT2D eigenvalue weighted by molar-refractivity contribution is 9.11. The molecule has 0 aliphatic carbocycles.